The molecule has 0 saturated heterocycles. The van der Waals surface area contributed by atoms with Crippen LogP contribution in [0.4, 0.5) is 11.6 Å². The van der Waals surface area contributed by atoms with E-state index in [2.05, 4.69) is 20.1 Å². The highest BCUT2D eigenvalue weighted by Gasteiger charge is 2.14. The van der Waals surface area contributed by atoms with Crippen LogP contribution in [0.2, 0.25) is 0 Å². The van der Waals surface area contributed by atoms with E-state index in [1.807, 2.05) is 26.1 Å². The summed E-state index contributed by atoms with van der Waals surface area (Å²) < 4.78 is 8.21. The summed E-state index contributed by atoms with van der Waals surface area (Å²) >= 11 is 0. The predicted octanol–water partition coefficient (Wildman–Crippen LogP) is 0.638. The Balaban J connectivity index is 2.19. The van der Waals surface area contributed by atoms with E-state index in [-0.39, 0.29) is 12.0 Å². The van der Waals surface area contributed by atoms with Gasteiger partial charge in [0.05, 0.1) is 12.8 Å². The maximum absolute atomic E-state index is 5.96. The van der Waals surface area contributed by atoms with E-state index in [0.717, 1.165) is 11.3 Å². The van der Waals surface area contributed by atoms with Crippen LogP contribution in [-0.4, -0.2) is 36.4 Å². The molecule has 114 valence electrons. The minimum absolute atomic E-state index is 0.151. The van der Waals surface area contributed by atoms with E-state index in [1.165, 1.54) is 11.8 Å². The molecular weight excluding hydrogens is 284 g/mol. The van der Waals surface area contributed by atoms with E-state index < -0.39 is 0 Å². The zero-order valence-electron chi connectivity index (χ0n) is 12.5. The van der Waals surface area contributed by atoms with Gasteiger partial charge in [-0.2, -0.15) is 24.7 Å². The Labute approximate surface area is 126 Å². The van der Waals surface area contributed by atoms with Gasteiger partial charge in [0.25, 0.3) is 5.95 Å². The van der Waals surface area contributed by atoms with Crippen molar-refractivity contribution in [1.29, 1.82) is 0 Å². The third kappa shape index (κ3) is 2.32. The standard InChI is InChI=1S/C13H16N8O/c1-7-4-9(14)20(6-7)11-16-12(18-13(17-11)22-3)21-10(15)5-8(2)19-21/h4-6H,14-15H2,1-3H3. The first-order chi connectivity index (χ1) is 10.5. The molecule has 4 N–H and O–H groups in total. The lowest BCUT2D eigenvalue weighted by Crippen LogP contribution is -2.13. The molecule has 0 aliphatic rings. The van der Waals surface area contributed by atoms with Gasteiger partial charge >= 0.3 is 6.01 Å². The molecule has 3 heterocycles. The van der Waals surface area contributed by atoms with Crippen LogP contribution in [0.3, 0.4) is 0 Å². The first-order valence-electron chi connectivity index (χ1n) is 6.55. The number of rotatable bonds is 3. The fourth-order valence-corrected chi connectivity index (χ4v) is 2.10. The first-order valence-corrected chi connectivity index (χ1v) is 6.55. The fourth-order valence-electron chi connectivity index (χ4n) is 2.10. The summed E-state index contributed by atoms with van der Waals surface area (Å²) in [6, 6.07) is 3.70. The van der Waals surface area contributed by atoms with Crippen molar-refractivity contribution >= 4 is 11.6 Å². The maximum Gasteiger partial charge on any atom is 0.322 e. The van der Waals surface area contributed by atoms with Crippen LogP contribution in [0.5, 0.6) is 6.01 Å². The van der Waals surface area contributed by atoms with Crippen LogP contribution in [0, 0.1) is 13.8 Å². The number of nitrogens with two attached hydrogens (primary N) is 2. The Kier molecular flexibility index (Phi) is 3.17. The molecule has 9 heteroatoms. The zero-order valence-corrected chi connectivity index (χ0v) is 12.5. The predicted molar refractivity (Wildman–Crippen MR) is 81.1 cm³/mol. The first kappa shape index (κ1) is 13.9. The van der Waals surface area contributed by atoms with E-state index in [4.69, 9.17) is 16.2 Å². The topological polar surface area (TPSA) is 123 Å². The fraction of sp³-hybridized carbons (Fsp3) is 0.231. The molecule has 9 nitrogen and oxygen atoms in total. The molecule has 0 bridgehead atoms. The summed E-state index contributed by atoms with van der Waals surface area (Å²) in [5.74, 6) is 1.54. The lowest BCUT2D eigenvalue weighted by atomic mass is 10.4. The van der Waals surface area contributed by atoms with E-state index in [0.29, 0.717) is 17.6 Å². The zero-order chi connectivity index (χ0) is 15.9. The van der Waals surface area contributed by atoms with Crippen molar-refractivity contribution in [3.05, 3.63) is 29.6 Å². The molecule has 0 atom stereocenters. The molecule has 0 aromatic carbocycles. The van der Waals surface area contributed by atoms with Gasteiger partial charge in [0.2, 0.25) is 5.95 Å². The van der Waals surface area contributed by atoms with Crippen LogP contribution >= 0.6 is 0 Å². The lowest BCUT2D eigenvalue weighted by Gasteiger charge is -2.08. The number of hydrogen-bond acceptors (Lipinski definition) is 7. The lowest BCUT2D eigenvalue weighted by molar-refractivity contribution is 0.376. The minimum atomic E-state index is 0.151. The Bertz CT molecular complexity index is 770. The summed E-state index contributed by atoms with van der Waals surface area (Å²) in [4.78, 5) is 12.8. The summed E-state index contributed by atoms with van der Waals surface area (Å²) in [7, 11) is 1.48. The second kappa shape index (κ2) is 5.02. The molecule has 0 unspecified atom stereocenters. The van der Waals surface area contributed by atoms with Gasteiger partial charge in [-0.3, -0.25) is 4.57 Å². The van der Waals surface area contributed by atoms with Crippen molar-refractivity contribution in [3.63, 3.8) is 0 Å². The monoisotopic (exact) mass is 300 g/mol. The molecule has 22 heavy (non-hydrogen) atoms. The summed E-state index contributed by atoms with van der Waals surface area (Å²) in [5, 5.41) is 4.26. The van der Waals surface area contributed by atoms with Crippen molar-refractivity contribution < 1.29 is 4.74 Å². The smallest absolute Gasteiger partial charge is 0.322 e. The van der Waals surface area contributed by atoms with Gasteiger partial charge in [0.15, 0.2) is 0 Å². The molecule has 3 aromatic heterocycles. The van der Waals surface area contributed by atoms with Gasteiger partial charge in [0, 0.05) is 12.3 Å². The third-order valence-corrected chi connectivity index (χ3v) is 3.02. The molecule has 0 spiro atoms. The Morgan fingerprint density at radius 2 is 1.73 bits per heavy atom. The van der Waals surface area contributed by atoms with Gasteiger partial charge in [-0.1, -0.05) is 0 Å². The van der Waals surface area contributed by atoms with Crippen LogP contribution in [-0.2, 0) is 0 Å². The molecule has 0 aliphatic carbocycles. The second-order valence-electron chi connectivity index (χ2n) is 4.86. The molecule has 3 aromatic rings. The van der Waals surface area contributed by atoms with Gasteiger partial charge in [-0.25, -0.2) is 0 Å². The number of anilines is 2. The largest absolute Gasteiger partial charge is 0.467 e. The number of nitrogens with zero attached hydrogens (tertiary/aromatic N) is 6. The second-order valence-corrected chi connectivity index (χ2v) is 4.86. The summed E-state index contributed by atoms with van der Waals surface area (Å²) in [5.41, 5.74) is 13.6. The summed E-state index contributed by atoms with van der Waals surface area (Å²) in [6.07, 6.45) is 1.82. The van der Waals surface area contributed by atoms with Gasteiger partial charge < -0.3 is 16.2 Å². The highest BCUT2D eigenvalue weighted by Crippen LogP contribution is 2.18. The van der Waals surface area contributed by atoms with Crippen molar-refractivity contribution in [2.75, 3.05) is 18.6 Å². The quantitative estimate of drug-likeness (QED) is 0.727. The summed E-state index contributed by atoms with van der Waals surface area (Å²) in [6.45, 7) is 3.76. The SMILES string of the molecule is COc1nc(-n2cc(C)cc2N)nc(-n2nc(C)cc2N)n1. The highest BCUT2D eigenvalue weighted by atomic mass is 16.5. The number of aryl methyl sites for hydroxylation is 2. The number of aromatic nitrogens is 6. The van der Waals surface area contributed by atoms with Crippen LogP contribution in [0.1, 0.15) is 11.3 Å². The van der Waals surface area contributed by atoms with Crippen LogP contribution in [0.15, 0.2) is 18.3 Å². The Morgan fingerprint density at radius 1 is 1.00 bits per heavy atom. The van der Waals surface area contributed by atoms with E-state index >= 15 is 0 Å². The normalized spacial score (nSPS) is 10.9. The van der Waals surface area contributed by atoms with Crippen molar-refractivity contribution in [1.82, 2.24) is 29.3 Å². The molecule has 0 amide bonds. The van der Waals surface area contributed by atoms with Gasteiger partial charge in [-0.05, 0) is 25.5 Å². The molecule has 0 fully saturated rings. The van der Waals surface area contributed by atoms with E-state index in [9.17, 15) is 0 Å². The number of nitrogen functional groups attached to an aromatic ring is 2. The third-order valence-electron chi connectivity index (χ3n) is 3.02. The Hall–Kier alpha value is -3.10. The number of methoxy groups -OCH3 is 1. The van der Waals surface area contributed by atoms with Gasteiger partial charge in [-0.15, -0.1) is 0 Å². The molecular formula is C13H16N8O. The minimum Gasteiger partial charge on any atom is -0.467 e. The van der Waals surface area contributed by atoms with Crippen molar-refractivity contribution in [2.45, 2.75) is 13.8 Å². The van der Waals surface area contributed by atoms with E-state index in [1.54, 1.807) is 10.6 Å². The Morgan fingerprint density at radius 3 is 2.27 bits per heavy atom. The molecule has 3 rings (SSSR count). The highest BCUT2D eigenvalue weighted by molar-refractivity contribution is 5.43. The molecule has 0 saturated carbocycles. The van der Waals surface area contributed by atoms with Crippen LogP contribution in [0.25, 0.3) is 11.9 Å². The average Bonchev–Trinajstić information content (AvgIpc) is 2.99. The van der Waals surface area contributed by atoms with Crippen LogP contribution < -0.4 is 16.2 Å². The van der Waals surface area contributed by atoms with Crippen molar-refractivity contribution in [3.8, 4) is 17.9 Å². The van der Waals surface area contributed by atoms with Crippen molar-refractivity contribution in [2.24, 2.45) is 0 Å². The van der Waals surface area contributed by atoms with Gasteiger partial charge in [0.1, 0.15) is 11.6 Å². The number of ether oxygens (including phenoxy) is 1. The molecule has 0 aliphatic heterocycles. The maximum atomic E-state index is 5.96. The number of hydrogen-bond donors (Lipinski definition) is 2. The molecule has 0 radical (unpaired) electrons. The average molecular weight is 300 g/mol.